The number of hydrogen-bond donors (Lipinski definition) is 2. The molecule has 2 nitrogen and oxygen atoms in total. The second-order valence-electron chi connectivity index (χ2n) is 2.83. The molecule has 1 heterocycles. The smallest absolute Gasteiger partial charge is 0.0516 e. The van der Waals surface area contributed by atoms with Crippen LogP contribution in [0, 0.1) is 0 Å². The van der Waals surface area contributed by atoms with Gasteiger partial charge in [-0.3, -0.25) is 0 Å². The van der Waals surface area contributed by atoms with Gasteiger partial charge in [0.1, 0.15) is 0 Å². The van der Waals surface area contributed by atoms with E-state index in [0.29, 0.717) is 0 Å². The lowest BCUT2D eigenvalue weighted by molar-refractivity contribution is 0.599. The van der Waals surface area contributed by atoms with Crippen LogP contribution in [0.15, 0.2) is 17.5 Å². The molecular formula is C9H16N2S. The zero-order chi connectivity index (χ0) is 8.81. The molecule has 68 valence electrons. The van der Waals surface area contributed by atoms with E-state index in [1.165, 1.54) is 4.88 Å². The zero-order valence-electron chi connectivity index (χ0n) is 7.42. The summed E-state index contributed by atoms with van der Waals surface area (Å²) in [6, 6.07) is 4.29. The number of rotatable bonds is 5. The van der Waals surface area contributed by atoms with Crippen LogP contribution in [0.3, 0.4) is 0 Å². The van der Waals surface area contributed by atoms with Crippen molar-refractivity contribution in [1.29, 1.82) is 0 Å². The Morgan fingerprint density at radius 1 is 1.67 bits per heavy atom. The van der Waals surface area contributed by atoms with Gasteiger partial charge in [0, 0.05) is 11.4 Å². The fourth-order valence-electron chi connectivity index (χ4n) is 1.04. The first kappa shape index (κ1) is 9.71. The Hall–Kier alpha value is -0.380. The fraction of sp³-hybridized carbons (Fsp3) is 0.556. The van der Waals surface area contributed by atoms with Gasteiger partial charge in [0.05, 0.1) is 6.04 Å². The van der Waals surface area contributed by atoms with Crippen LogP contribution in [0.25, 0.3) is 0 Å². The van der Waals surface area contributed by atoms with Gasteiger partial charge in [0.25, 0.3) is 0 Å². The van der Waals surface area contributed by atoms with E-state index in [9.17, 15) is 0 Å². The maximum atomic E-state index is 5.93. The standard InChI is InChI=1S/C9H16N2S/c1-2-5-11-7-8(10)9-4-3-6-12-9/h3-4,6,8,11H,2,5,7,10H2,1H3. The summed E-state index contributed by atoms with van der Waals surface area (Å²) in [5.41, 5.74) is 5.93. The summed E-state index contributed by atoms with van der Waals surface area (Å²) >= 11 is 1.72. The Labute approximate surface area is 77.8 Å². The van der Waals surface area contributed by atoms with Gasteiger partial charge < -0.3 is 11.1 Å². The summed E-state index contributed by atoms with van der Waals surface area (Å²) in [7, 11) is 0. The average molecular weight is 184 g/mol. The summed E-state index contributed by atoms with van der Waals surface area (Å²) in [5.74, 6) is 0. The molecule has 3 N–H and O–H groups in total. The minimum absolute atomic E-state index is 0.163. The Morgan fingerprint density at radius 2 is 2.50 bits per heavy atom. The Bertz CT molecular complexity index is 196. The highest BCUT2D eigenvalue weighted by Crippen LogP contribution is 2.15. The third kappa shape index (κ3) is 2.93. The number of thiophene rings is 1. The molecule has 0 aromatic carbocycles. The van der Waals surface area contributed by atoms with E-state index >= 15 is 0 Å². The molecule has 0 bridgehead atoms. The molecular weight excluding hydrogens is 168 g/mol. The highest BCUT2D eigenvalue weighted by molar-refractivity contribution is 7.10. The molecule has 0 saturated heterocycles. The lowest BCUT2D eigenvalue weighted by atomic mass is 10.2. The highest BCUT2D eigenvalue weighted by Gasteiger charge is 2.04. The van der Waals surface area contributed by atoms with E-state index in [1.807, 2.05) is 6.07 Å². The molecule has 0 saturated carbocycles. The number of nitrogens with one attached hydrogen (secondary N) is 1. The first-order valence-electron chi connectivity index (χ1n) is 4.34. The van der Waals surface area contributed by atoms with Crippen molar-refractivity contribution >= 4 is 11.3 Å². The molecule has 1 aromatic heterocycles. The summed E-state index contributed by atoms with van der Waals surface area (Å²) in [5, 5.41) is 5.37. The van der Waals surface area contributed by atoms with Gasteiger partial charge in [0.15, 0.2) is 0 Å². The van der Waals surface area contributed by atoms with E-state index in [-0.39, 0.29) is 6.04 Å². The van der Waals surface area contributed by atoms with Crippen molar-refractivity contribution in [3.63, 3.8) is 0 Å². The molecule has 0 aliphatic heterocycles. The van der Waals surface area contributed by atoms with Gasteiger partial charge >= 0.3 is 0 Å². The Kier molecular flexibility index (Phi) is 4.29. The molecule has 3 heteroatoms. The fourth-order valence-corrected chi connectivity index (χ4v) is 1.77. The number of hydrogen-bond acceptors (Lipinski definition) is 3. The lowest BCUT2D eigenvalue weighted by Gasteiger charge is -2.09. The second-order valence-corrected chi connectivity index (χ2v) is 3.81. The van der Waals surface area contributed by atoms with Gasteiger partial charge in [-0.25, -0.2) is 0 Å². The van der Waals surface area contributed by atoms with Crippen molar-refractivity contribution in [3.8, 4) is 0 Å². The largest absolute Gasteiger partial charge is 0.322 e. The topological polar surface area (TPSA) is 38.0 Å². The predicted molar refractivity (Wildman–Crippen MR) is 54.4 cm³/mol. The first-order valence-corrected chi connectivity index (χ1v) is 5.22. The minimum Gasteiger partial charge on any atom is -0.322 e. The molecule has 12 heavy (non-hydrogen) atoms. The molecule has 1 aromatic rings. The van der Waals surface area contributed by atoms with Crippen molar-refractivity contribution in [3.05, 3.63) is 22.4 Å². The molecule has 1 atom stereocenters. The molecule has 0 radical (unpaired) electrons. The van der Waals surface area contributed by atoms with Crippen LogP contribution >= 0.6 is 11.3 Å². The maximum absolute atomic E-state index is 5.93. The summed E-state index contributed by atoms with van der Waals surface area (Å²) in [4.78, 5) is 1.26. The van der Waals surface area contributed by atoms with Crippen LogP contribution in [0.1, 0.15) is 24.3 Å². The van der Waals surface area contributed by atoms with E-state index in [0.717, 1.165) is 19.5 Å². The van der Waals surface area contributed by atoms with E-state index in [1.54, 1.807) is 11.3 Å². The maximum Gasteiger partial charge on any atom is 0.0516 e. The zero-order valence-corrected chi connectivity index (χ0v) is 8.23. The second kappa shape index (κ2) is 5.30. The van der Waals surface area contributed by atoms with E-state index in [2.05, 4.69) is 23.7 Å². The van der Waals surface area contributed by atoms with Crippen molar-refractivity contribution < 1.29 is 0 Å². The van der Waals surface area contributed by atoms with Gasteiger partial charge in [0.2, 0.25) is 0 Å². The van der Waals surface area contributed by atoms with Crippen LogP contribution in [0.4, 0.5) is 0 Å². The lowest BCUT2D eigenvalue weighted by Crippen LogP contribution is -2.26. The summed E-state index contributed by atoms with van der Waals surface area (Å²) < 4.78 is 0. The van der Waals surface area contributed by atoms with E-state index in [4.69, 9.17) is 5.73 Å². The molecule has 1 unspecified atom stereocenters. The van der Waals surface area contributed by atoms with Crippen LogP contribution < -0.4 is 11.1 Å². The monoisotopic (exact) mass is 184 g/mol. The SMILES string of the molecule is CCCNCC(N)c1cccs1. The summed E-state index contributed by atoms with van der Waals surface area (Å²) in [6.45, 7) is 4.09. The van der Waals surface area contributed by atoms with Gasteiger partial charge in [-0.1, -0.05) is 13.0 Å². The molecule has 0 fully saturated rings. The van der Waals surface area contributed by atoms with Crippen molar-refractivity contribution in [2.24, 2.45) is 5.73 Å². The quantitative estimate of drug-likeness (QED) is 0.684. The minimum atomic E-state index is 0.163. The Balaban J connectivity index is 2.25. The average Bonchev–Trinajstić information content (AvgIpc) is 2.56. The predicted octanol–water partition coefficient (Wildman–Crippen LogP) is 1.75. The molecule has 1 rings (SSSR count). The molecule has 0 aliphatic carbocycles. The third-order valence-electron chi connectivity index (χ3n) is 1.70. The summed E-state index contributed by atoms with van der Waals surface area (Å²) in [6.07, 6.45) is 1.16. The van der Waals surface area contributed by atoms with Gasteiger partial charge in [-0.2, -0.15) is 0 Å². The highest BCUT2D eigenvalue weighted by atomic mass is 32.1. The van der Waals surface area contributed by atoms with Crippen LogP contribution in [0.2, 0.25) is 0 Å². The van der Waals surface area contributed by atoms with Crippen LogP contribution in [-0.2, 0) is 0 Å². The van der Waals surface area contributed by atoms with Crippen molar-refractivity contribution in [2.45, 2.75) is 19.4 Å². The van der Waals surface area contributed by atoms with Gasteiger partial charge in [-0.15, -0.1) is 11.3 Å². The van der Waals surface area contributed by atoms with Crippen molar-refractivity contribution in [1.82, 2.24) is 5.32 Å². The molecule has 0 aliphatic rings. The Morgan fingerprint density at radius 3 is 3.08 bits per heavy atom. The van der Waals surface area contributed by atoms with Gasteiger partial charge in [-0.05, 0) is 24.4 Å². The molecule has 0 spiro atoms. The molecule has 0 amide bonds. The van der Waals surface area contributed by atoms with E-state index < -0.39 is 0 Å². The first-order chi connectivity index (χ1) is 5.84. The van der Waals surface area contributed by atoms with Crippen LogP contribution in [0.5, 0.6) is 0 Å². The third-order valence-corrected chi connectivity index (χ3v) is 2.70. The van der Waals surface area contributed by atoms with Crippen LogP contribution in [-0.4, -0.2) is 13.1 Å². The number of nitrogens with two attached hydrogens (primary N) is 1. The normalized spacial score (nSPS) is 13.2. The van der Waals surface area contributed by atoms with Crippen molar-refractivity contribution in [2.75, 3.05) is 13.1 Å².